The zero-order valence-electron chi connectivity index (χ0n) is 13.6. The number of piperidine rings is 1. The highest BCUT2D eigenvalue weighted by molar-refractivity contribution is 5.77. The molecule has 1 amide bonds. The Balaban J connectivity index is 1.59. The molecule has 0 aromatic heterocycles. The van der Waals surface area contributed by atoms with Crippen LogP contribution in [-0.4, -0.2) is 55.5 Å². The molecule has 0 saturated carbocycles. The lowest BCUT2D eigenvalue weighted by Gasteiger charge is -2.36. The molecule has 1 atom stereocenters. The normalized spacial score (nSPS) is 22.3. The third-order valence-electron chi connectivity index (χ3n) is 5.05. The van der Waals surface area contributed by atoms with Gasteiger partial charge >= 0.3 is 0 Å². The van der Waals surface area contributed by atoms with Gasteiger partial charge in [0, 0.05) is 25.6 Å². The van der Waals surface area contributed by atoms with Crippen LogP contribution in [0.4, 0.5) is 0 Å². The van der Waals surface area contributed by atoms with E-state index in [0.29, 0.717) is 24.3 Å². The fourth-order valence-electron chi connectivity index (χ4n) is 3.60. The molecule has 0 spiro atoms. The van der Waals surface area contributed by atoms with E-state index in [-0.39, 0.29) is 0 Å². The first-order chi connectivity index (χ1) is 10.6. The van der Waals surface area contributed by atoms with Crippen LogP contribution in [0.25, 0.3) is 0 Å². The molecule has 0 radical (unpaired) electrons. The minimum absolute atomic E-state index is 0.305. The first-order valence-electron chi connectivity index (χ1n) is 8.31. The predicted octanol–water partition coefficient (Wildman–Crippen LogP) is 2.50. The molecular weight excluding hydrogens is 276 g/mol. The summed E-state index contributed by atoms with van der Waals surface area (Å²) in [5, 5.41) is 0. The lowest BCUT2D eigenvalue weighted by Crippen LogP contribution is -2.44. The van der Waals surface area contributed by atoms with Crippen LogP contribution >= 0.6 is 0 Å². The van der Waals surface area contributed by atoms with E-state index in [0.717, 1.165) is 44.7 Å². The Morgan fingerprint density at radius 1 is 1.23 bits per heavy atom. The maximum Gasteiger partial charge on any atom is 0.223 e. The maximum absolute atomic E-state index is 12.6. The van der Waals surface area contributed by atoms with E-state index in [1.807, 2.05) is 18.2 Å². The van der Waals surface area contributed by atoms with Crippen molar-refractivity contribution >= 4 is 5.91 Å². The second-order valence-corrected chi connectivity index (χ2v) is 6.65. The number of carbonyl (C=O) groups excluding carboxylic acids is 1. The van der Waals surface area contributed by atoms with Crippen molar-refractivity contribution < 1.29 is 9.53 Å². The lowest BCUT2D eigenvalue weighted by atomic mass is 9.89. The molecule has 2 aliphatic heterocycles. The van der Waals surface area contributed by atoms with Gasteiger partial charge in [-0.15, -0.1) is 0 Å². The summed E-state index contributed by atoms with van der Waals surface area (Å²) in [5.41, 5.74) is 1.20. The maximum atomic E-state index is 12.6. The van der Waals surface area contributed by atoms with Crippen molar-refractivity contribution in [3.63, 3.8) is 0 Å². The second-order valence-electron chi connectivity index (χ2n) is 6.65. The Kier molecular flexibility index (Phi) is 4.67. The fraction of sp³-hybridized carbons (Fsp3) is 0.611. The van der Waals surface area contributed by atoms with Crippen LogP contribution in [0.2, 0.25) is 0 Å². The lowest BCUT2D eigenvalue weighted by molar-refractivity contribution is -0.133. The van der Waals surface area contributed by atoms with Crippen molar-refractivity contribution in [3.05, 3.63) is 29.8 Å². The van der Waals surface area contributed by atoms with Gasteiger partial charge in [0.25, 0.3) is 0 Å². The summed E-state index contributed by atoms with van der Waals surface area (Å²) in [4.78, 5) is 17.0. The minimum atomic E-state index is 0.305. The van der Waals surface area contributed by atoms with Gasteiger partial charge in [-0.2, -0.15) is 0 Å². The van der Waals surface area contributed by atoms with E-state index in [4.69, 9.17) is 4.74 Å². The van der Waals surface area contributed by atoms with Crippen LogP contribution in [0.3, 0.4) is 0 Å². The minimum Gasteiger partial charge on any atom is -0.493 e. The van der Waals surface area contributed by atoms with Gasteiger partial charge in [-0.3, -0.25) is 4.79 Å². The van der Waals surface area contributed by atoms with E-state index >= 15 is 0 Å². The molecule has 4 nitrogen and oxygen atoms in total. The molecule has 1 unspecified atom stereocenters. The molecular formula is C18H26N2O2. The molecule has 3 rings (SSSR count). The average molecular weight is 302 g/mol. The number of rotatable bonds is 3. The van der Waals surface area contributed by atoms with Crippen molar-refractivity contribution in [2.45, 2.75) is 37.6 Å². The number of likely N-dealkylation sites (tertiary alicyclic amines) is 1. The summed E-state index contributed by atoms with van der Waals surface area (Å²) in [6, 6.07) is 8.76. The Bertz CT molecular complexity index is 522. The van der Waals surface area contributed by atoms with Crippen LogP contribution in [0.15, 0.2) is 24.3 Å². The van der Waals surface area contributed by atoms with Crippen LogP contribution in [-0.2, 0) is 4.79 Å². The predicted molar refractivity (Wildman–Crippen MR) is 87.2 cm³/mol. The number of fused-ring (bicyclic) bond motifs is 1. The summed E-state index contributed by atoms with van der Waals surface area (Å²) >= 11 is 0. The first-order valence-corrected chi connectivity index (χ1v) is 8.31. The highest BCUT2D eigenvalue weighted by Gasteiger charge is 2.28. The molecule has 2 heterocycles. The molecule has 1 fully saturated rings. The molecule has 22 heavy (non-hydrogen) atoms. The highest BCUT2D eigenvalue weighted by Crippen LogP contribution is 2.36. The molecule has 0 bridgehead atoms. The van der Waals surface area contributed by atoms with Crippen molar-refractivity contribution in [2.75, 3.05) is 33.8 Å². The summed E-state index contributed by atoms with van der Waals surface area (Å²) in [7, 11) is 4.25. The van der Waals surface area contributed by atoms with Crippen LogP contribution in [0.1, 0.15) is 37.2 Å². The van der Waals surface area contributed by atoms with E-state index in [9.17, 15) is 4.79 Å². The number of carbonyl (C=O) groups is 1. The Morgan fingerprint density at radius 2 is 1.95 bits per heavy atom. The molecule has 1 aromatic rings. The molecule has 120 valence electrons. The third kappa shape index (κ3) is 3.27. The molecule has 0 N–H and O–H groups in total. The van der Waals surface area contributed by atoms with Crippen molar-refractivity contribution in [1.29, 1.82) is 0 Å². The SMILES string of the molecule is CN(C)C1CCN(C(=O)CC2CCOc3ccccc32)CC1. The fourth-order valence-corrected chi connectivity index (χ4v) is 3.60. The van der Waals surface area contributed by atoms with Crippen LogP contribution < -0.4 is 4.74 Å². The number of nitrogens with zero attached hydrogens (tertiary/aromatic N) is 2. The number of para-hydroxylation sites is 1. The van der Waals surface area contributed by atoms with E-state index in [2.05, 4.69) is 30.0 Å². The van der Waals surface area contributed by atoms with Crippen LogP contribution in [0, 0.1) is 0 Å². The summed E-state index contributed by atoms with van der Waals surface area (Å²) in [6.07, 6.45) is 3.73. The zero-order chi connectivity index (χ0) is 15.5. The Hall–Kier alpha value is -1.55. The van der Waals surface area contributed by atoms with E-state index in [1.54, 1.807) is 0 Å². The van der Waals surface area contributed by atoms with Crippen molar-refractivity contribution in [2.24, 2.45) is 0 Å². The van der Waals surface area contributed by atoms with E-state index in [1.165, 1.54) is 5.56 Å². The third-order valence-corrected chi connectivity index (χ3v) is 5.05. The molecule has 0 aliphatic carbocycles. The van der Waals surface area contributed by atoms with Crippen molar-refractivity contribution in [3.8, 4) is 5.75 Å². The molecule has 4 heteroatoms. The second kappa shape index (κ2) is 6.69. The highest BCUT2D eigenvalue weighted by atomic mass is 16.5. The van der Waals surface area contributed by atoms with Gasteiger partial charge in [0.2, 0.25) is 5.91 Å². The number of amides is 1. The Labute approximate surface area is 133 Å². The molecule has 1 saturated heterocycles. The molecule has 1 aromatic carbocycles. The van der Waals surface area contributed by atoms with Gasteiger partial charge in [-0.1, -0.05) is 18.2 Å². The van der Waals surface area contributed by atoms with Gasteiger partial charge in [0.15, 0.2) is 0 Å². The zero-order valence-corrected chi connectivity index (χ0v) is 13.6. The topological polar surface area (TPSA) is 32.8 Å². The molecule has 2 aliphatic rings. The van der Waals surface area contributed by atoms with Gasteiger partial charge in [-0.05, 0) is 50.9 Å². The number of ether oxygens (including phenoxy) is 1. The standard InChI is InChI=1S/C18H26N2O2/c1-19(2)15-7-10-20(11-8-15)18(21)13-14-9-12-22-17-6-4-3-5-16(14)17/h3-6,14-15H,7-13H2,1-2H3. The monoisotopic (exact) mass is 302 g/mol. The van der Waals surface area contributed by atoms with Gasteiger partial charge < -0.3 is 14.5 Å². The smallest absolute Gasteiger partial charge is 0.223 e. The summed E-state index contributed by atoms with van der Waals surface area (Å²) in [5.74, 6) is 1.57. The van der Waals surface area contributed by atoms with Gasteiger partial charge in [0.1, 0.15) is 5.75 Å². The summed E-state index contributed by atoms with van der Waals surface area (Å²) < 4.78 is 5.69. The van der Waals surface area contributed by atoms with E-state index < -0.39 is 0 Å². The number of hydrogen-bond donors (Lipinski definition) is 0. The summed E-state index contributed by atoms with van der Waals surface area (Å²) in [6.45, 7) is 2.51. The first kappa shape index (κ1) is 15.3. The van der Waals surface area contributed by atoms with Gasteiger partial charge in [0.05, 0.1) is 6.61 Å². The number of hydrogen-bond acceptors (Lipinski definition) is 3. The largest absolute Gasteiger partial charge is 0.493 e. The quantitative estimate of drug-likeness (QED) is 0.860. The Morgan fingerprint density at radius 3 is 2.68 bits per heavy atom. The van der Waals surface area contributed by atoms with Gasteiger partial charge in [-0.25, -0.2) is 0 Å². The number of benzene rings is 1. The average Bonchev–Trinajstić information content (AvgIpc) is 2.55. The van der Waals surface area contributed by atoms with Crippen LogP contribution in [0.5, 0.6) is 5.75 Å². The van der Waals surface area contributed by atoms with Crippen molar-refractivity contribution in [1.82, 2.24) is 9.80 Å².